The number of halogens is 1. The third-order valence-corrected chi connectivity index (χ3v) is 5.57. The highest BCUT2D eigenvalue weighted by Gasteiger charge is 2.41. The number of ether oxygens (including phenoxy) is 1. The summed E-state index contributed by atoms with van der Waals surface area (Å²) in [7, 11) is 1.80. The lowest BCUT2D eigenvalue weighted by molar-refractivity contribution is -0.0360. The summed E-state index contributed by atoms with van der Waals surface area (Å²) < 4.78 is 8.99. The van der Waals surface area contributed by atoms with Crippen molar-refractivity contribution in [3.05, 3.63) is 15.9 Å². The van der Waals surface area contributed by atoms with Crippen LogP contribution in [0.1, 0.15) is 44.0 Å². The molecule has 0 aliphatic heterocycles. The van der Waals surface area contributed by atoms with E-state index in [1.807, 2.05) is 11.6 Å². The average Bonchev–Trinajstić information content (AvgIpc) is 3.04. The third-order valence-electron chi connectivity index (χ3n) is 4.54. The van der Waals surface area contributed by atoms with Crippen molar-refractivity contribution in [1.82, 2.24) is 15.2 Å². The molecule has 114 valence electrons. The van der Waals surface area contributed by atoms with Gasteiger partial charge in [-0.3, -0.25) is 16.0 Å². The third kappa shape index (κ3) is 2.79. The predicted octanol–water partition coefficient (Wildman–Crippen LogP) is 2.31. The fourth-order valence-corrected chi connectivity index (χ4v) is 3.77. The Hall–Kier alpha value is -0.430. The zero-order valence-corrected chi connectivity index (χ0v) is 14.2. The van der Waals surface area contributed by atoms with Crippen molar-refractivity contribution >= 4 is 15.9 Å². The Kier molecular flexibility index (Phi) is 5.23. The second-order valence-electron chi connectivity index (χ2n) is 5.56. The van der Waals surface area contributed by atoms with Gasteiger partial charge in [0.25, 0.3) is 0 Å². The van der Waals surface area contributed by atoms with Crippen LogP contribution in [-0.4, -0.2) is 28.5 Å². The Morgan fingerprint density at radius 2 is 2.15 bits per heavy atom. The van der Waals surface area contributed by atoms with Gasteiger partial charge in [0, 0.05) is 20.1 Å². The van der Waals surface area contributed by atoms with Gasteiger partial charge in [-0.25, -0.2) is 0 Å². The van der Waals surface area contributed by atoms with Crippen LogP contribution in [0.3, 0.4) is 0 Å². The highest BCUT2D eigenvalue weighted by atomic mass is 79.9. The lowest BCUT2D eigenvalue weighted by Gasteiger charge is -2.36. The fraction of sp³-hybridized carbons (Fsp3) is 0.786. The van der Waals surface area contributed by atoms with Crippen LogP contribution in [0.15, 0.2) is 4.47 Å². The molecule has 6 heteroatoms. The van der Waals surface area contributed by atoms with Gasteiger partial charge in [-0.15, -0.1) is 0 Å². The molecule has 0 spiro atoms. The van der Waals surface area contributed by atoms with E-state index in [9.17, 15) is 0 Å². The summed E-state index contributed by atoms with van der Waals surface area (Å²) in [6.45, 7) is 4.99. The van der Waals surface area contributed by atoms with E-state index in [4.69, 9.17) is 10.6 Å². The van der Waals surface area contributed by atoms with Crippen molar-refractivity contribution in [2.75, 3.05) is 7.11 Å². The molecule has 1 aliphatic rings. The molecule has 2 rings (SSSR count). The van der Waals surface area contributed by atoms with Crippen LogP contribution in [-0.2, 0) is 17.7 Å². The van der Waals surface area contributed by atoms with Gasteiger partial charge in [0.1, 0.15) is 0 Å². The second-order valence-corrected chi connectivity index (χ2v) is 6.35. The first kappa shape index (κ1) is 15.9. The summed E-state index contributed by atoms with van der Waals surface area (Å²) in [5.41, 5.74) is 5.05. The normalized spacial score (nSPS) is 19.4. The van der Waals surface area contributed by atoms with E-state index in [2.05, 4.69) is 33.4 Å². The van der Waals surface area contributed by atoms with Crippen LogP contribution < -0.4 is 11.3 Å². The van der Waals surface area contributed by atoms with E-state index in [0.29, 0.717) is 0 Å². The van der Waals surface area contributed by atoms with E-state index in [1.54, 1.807) is 7.11 Å². The summed E-state index contributed by atoms with van der Waals surface area (Å²) in [5, 5.41) is 4.55. The molecule has 0 aromatic carbocycles. The summed E-state index contributed by atoms with van der Waals surface area (Å²) in [6.07, 6.45) is 5.36. The predicted molar refractivity (Wildman–Crippen MR) is 83.4 cm³/mol. The van der Waals surface area contributed by atoms with Crippen LogP contribution in [0.4, 0.5) is 0 Å². The monoisotopic (exact) mass is 344 g/mol. The molecule has 5 nitrogen and oxygen atoms in total. The molecule has 1 fully saturated rings. The number of aromatic nitrogens is 2. The molecule has 3 N–H and O–H groups in total. The standard InChI is InChI=1S/C14H25BrN4O/c1-4-19-11(13(15)10(2)18-19)9-12(17-16)14(20-3)7-5-6-8-14/h12,17H,4-9,16H2,1-3H3. The van der Waals surface area contributed by atoms with Gasteiger partial charge in [0.05, 0.1) is 27.5 Å². The Balaban J connectivity index is 2.26. The number of methoxy groups -OCH3 is 1. The van der Waals surface area contributed by atoms with Crippen molar-refractivity contribution < 1.29 is 4.74 Å². The maximum Gasteiger partial charge on any atom is 0.0848 e. The molecular formula is C14H25BrN4O. The Morgan fingerprint density at radius 1 is 1.50 bits per heavy atom. The second kappa shape index (κ2) is 6.56. The molecule has 0 radical (unpaired) electrons. The Morgan fingerprint density at radius 3 is 2.65 bits per heavy atom. The molecule has 1 unspecified atom stereocenters. The molecule has 0 amide bonds. The zero-order chi connectivity index (χ0) is 14.8. The molecule has 1 aromatic heterocycles. The topological polar surface area (TPSA) is 65.1 Å². The number of nitrogens with one attached hydrogen (secondary N) is 1. The van der Waals surface area contributed by atoms with Gasteiger partial charge in [0.15, 0.2) is 0 Å². The average molecular weight is 345 g/mol. The van der Waals surface area contributed by atoms with Crippen LogP contribution in [0.5, 0.6) is 0 Å². The lowest BCUT2D eigenvalue weighted by Crippen LogP contribution is -2.54. The van der Waals surface area contributed by atoms with Crippen LogP contribution in [0, 0.1) is 6.92 Å². The van der Waals surface area contributed by atoms with Gasteiger partial charge in [0.2, 0.25) is 0 Å². The van der Waals surface area contributed by atoms with Gasteiger partial charge in [-0.1, -0.05) is 12.8 Å². The highest BCUT2D eigenvalue weighted by Crippen LogP contribution is 2.37. The Labute approximate surface area is 129 Å². The van der Waals surface area contributed by atoms with Gasteiger partial charge in [-0.2, -0.15) is 5.10 Å². The lowest BCUT2D eigenvalue weighted by atomic mass is 9.89. The van der Waals surface area contributed by atoms with Crippen molar-refractivity contribution in [3.63, 3.8) is 0 Å². The zero-order valence-electron chi connectivity index (χ0n) is 12.6. The summed E-state index contributed by atoms with van der Waals surface area (Å²) >= 11 is 3.65. The van der Waals surface area contributed by atoms with Gasteiger partial charge in [-0.05, 0) is 42.6 Å². The smallest absolute Gasteiger partial charge is 0.0848 e. The summed E-state index contributed by atoms with van der Waals surface area (Å²) in [5.74, 6) is 5.83. The largest absolute Gasteiger partial charge is 0.377 e. The van der Waals surface area contributed by atoms with Crippen molar-refractivity contribution in [2.45, 2.75) is 64.1 Å². The number of hydrogen-bond acceptors (Lipinski definition) is 4. The quantitative estimate of drug-likeness (QED) is 0.613. The Bertz CT molecular complexity index is 454. The first-order valence-electron chi connectivity index (χ1n) is 7.31. The number of aryl methyl sites for hydroxylation is 2. The highest BCUT2D eigenvalue weighted by molar-refractivity contribution is 9.10. The first-order chi connectivity index (χ1) is 9.57. The van der Waals surface area contributed by atoms with Crippen molar-refractivity contribution in [3.8, 4) is 0 Å². The molecule has 0 saturated heterocycles. The number of nitrogens with two attached hydrogens (primary N) is 1. The van der Waals surface area contributed by atoms with Crippen LogP contribution in [0.2, 0.25) is 0 Å². The number of hydrogen-bond donors (Lipinski definition) is 2. The van der Waals surface area contributed by atoms with E-state index < -0.39 is 0 Å². The van der Waals surface area contributed by atoms with E-state index >= 15 is 0 Å². The van der Waals surface area contributed by atoms with E-state index in [1.165, 1.54) is 18.5 Å². The van der Waals surface area contributed by atoms with Crippen LogP contribution in [0.25, 0.3) is 0 Å². The fourth-order valence-electron chi connectivity index (χ4n) is 3.32. The molecular weight excluding hydrogens is 320 g/mol. The molecule has 1 heterocycles. The molecule has 1 saturated carbocycles. The van der Waals surface area contributed by atoms with Crippen molar-refractivity contribution in [2.24, 2.45) is 5.84 Å². The molecule has 1 atom stereocenters. The maximum absolute atomic E-state index is 5.86. The minimum atomic E-state index is -0.148. The van der Waals surface area contributed by atoms with Gasteiger partial charge < -0.3 is 4.74 Å². The van der Waals surface area contributed by atoms with Crippen LogP contribution >= 0.6 is 15.9 Å². The number of hydrazine groups is 1. The summed E-state index contributed by atoms with van der Waals surface area (Å²) in [6, 6.07) is 0.104. The van der Waals surface area contributed by atoms with E-state index in [-0.39, 0.29) is 11.6 Å². The molecule has 1 aliphatic carbocycles. The number of rotatable bonds is 6. The molecule has 20 heavy (non-hydrogen) atoms. The minimum Gasteiger partial charge on any atom is -0.377 e. The van der Waals surface area contributed by atoms with Crippen molar-refractivity contribution in [1.29, 1.82) is 0 Å². The minimum absolute atomic E-state index is 0.104. The summed E-state index contributed by atoms with van der Waals surface area (Å²) in [4.78, 5) is 0. The first-order valence-corrected chi connectivity index (χ1v) is 8.10. The number of nitrogens with zero attached hydrogens (tertiary/aromatic N) is 2. The molecule has 0 bridgehead atoms. The SMILES string of the molecule is CCn1nc(C)c(Br)c1CC(NN)C1(OC)CCCC1. The molecule has 1 aromatic rings. The van der Waals surface area contributed by atoms with E-state index in [0.717, 1.165) is 36.0 Å². The maximum atomic E-state index is 5.86. The van der Waals surface area contributed by atoms with Gasteiger partial charge >= 0.3 is 0 Å².